The molecule has 0 N–H and O–H groups in total. The van der Waals surface area contributed by atoms with Crippen molar-refractivity contribution in [2.75, 3.05) is 0 Å². The quantitative estimate of drug-likeness (QED) is 0.584. The summed E-state index contributed by atoms with van der Waals surface area (Å²) in [5.41, 5.74) is 0. The van der Waals surface area contributed by atoms with E-state index in [1.165, 1.54) is 51.4 Å². The van der Waals surface area contributed by atoms with Crippen molar-refractivity contribution < 1.29 is 0 Å². The van der Waals surface area contributed by atoms with Crippen molar-refractivity contribution >= 4 is 7.28 Å². The van der Waals surface area contributed by atoms with Crippen LogP contribution in [0, 0.1) is 11.8 Å². The highest BCUT2D eigenvalue weighted by Gasteiger charge is 2.33. The van der Waals surface area contributed by atoms with Crippen LogP contribution in [0.2, 0.25) is 11.6 Å². The highest BCUT2D eigenvalue weighted by atomic mass is 14.3. The molecule has 0 bridgehead atoms. The van der Waals surface area contributed by atoms with Crippen LogP contribution in [0.4, 0.5) is 0 Å². The largest absolute Gasteiger partial charge is 0.118 e. The molecule has 1 heteroatoms. The summed E-state index contributed by atoms with van der Waals surface area (Å²) in [5.74, 6) is 4.02. The van der Waals surface area contributed by atoms with E-state index in [4.69, 9.17) is 0 Å². The topological polar surface area (TPSA) is 0 Å². The smallest absolute Gasteiger partial charge is 0.0658 e. The molecule has 4 unspecified atom stereocenters. The summed E-state index contributed by atoms with van der Waals surface area (Å²) < 4.78 is 0. The molecule has 0 spiro atoms. The number of hydrogen-bond donors (Lipinski definition) is 0. The summed E-state index contributed by atoms with van der Waals surface area (Å²) >= 11 is 0. The van der Waals surface area contributed by atoms with Gasteiger partial charge in [-0.25, -0.2) is 0 Å². The third-order valence-corrected chi connectivity index (χ3v) is 4.98. The third-order valence-electron chi connectivity index (χ3n) is 4.98. The molecule has 0 saturated heterocycles. The molecule has 0 nitrogen and oxygen atoms in total. The van der Waals surface area contributed by atoms with E-state index < -0.39 is 0 Å². The van der Waals surface area contributed by atoms with Gasteiger partial charge >= 0.3 is 0 Å². The fourth-order valence-electron chi connectivity index (χ4n) is 3.97. The van der Waals surface area contributed by atoms with Gasteiger partial charge in [-0.05, 0) is 11.8 Å². The first-order valence-corrected chi connectivity index (χ1v) is 7.20. The summed E-state index contributed by atoms with van der Waals surface area (Å²) in [6.45, 7) is 4.76. The number of hydrogen-bond acceptors (Lipinski definition) is 0. The minimum Gasteiger partial charge on any atom is -0.0658 e. The summed E-state index contributed by atoms with van der Waals surface area (Å²) in [5, 5.41) is 0. The Hall–Kier alpha value is 0.0649. The predicted molar refractivity (Wildman–Crippen MR) is 68.5 cm³/mol. The van der Waals surface area contributed by atoms with Gasteiger partial charge in [0, 0.05) is 0 Å². The van der Waals surface area contributed by atoms with Gasteiger partial charge in [-0.1, -0.05) is 76.8 Å². The van der Waals surface area contributed by atoms with Crippen LogP contribution in [0.3, 0.4) is 0 Å². The van der Waals surface area contributed by atoms with E-state index in [9.17, 15) is 0 Å². The Morgan fingerprint density at radius 2 is 1.27 bits per heavy atom. The zero-order chi connectivity index (χ0) is 10.7. The minimum absolute atomic E-state index is 0.979. The van der Waals surface area contributed by atoms with E-state index in [2.05, 4.69) is 21.1 Å². The fourth-order valence-corrected chi connectivity index (χ4v) is 3.97. The standard InChI is InChI=1S/C14H26B/c1-3-11-7-5-9-13(11)15-14-10-6-8-12(14)4-2/h11-14H,3-10H2,1-2H3. The second-order valence-electron chi connectivity index (χ2n) is 5.72. The van der Waals surface area contributed by atoms with Crippen molar-refractivity contribution in [3.05, 3.63) is 0 Å². The molecule has 0 aliphatic heterocycles. The summed E-state index contributed by atoms with van der Waals surface area (Å²) in [7, 11) is 2.78. The first kappa shape index (κ1) is 11.5. The Bertz CT molecular complexity index is 170. The van der Waals surface area contributed by atoms with Crippen molar-refractivity contribution in [2.24, 2.45) is 11.8 Å². The Morgan fingerprint density at radius 1 is 0.800 bits per heavy atom. The Balaban J connectivity index is 1.84. The molecule has 2 rings (SSSR count). The Morgan fingerprint density at radius 3 is 1.67 bits per heavy atom. The van der Waals surface area contributed by atoms with E-state index in [0.29, 0.717) is 0 Å². The van der Waals surface area contributed by atoms with E-state index in [0.717, 1.165) is 23.5 Å². The van der Waals surface area contributed by atoms with Gasteiger partial charge < -0.3 is 0 Å². The van der Waals surface area contributed by atoms with Gasteiger partial charge in [0.15, 0.2) is 0 Å². The van der Waals surface area contributed by atoms with Crippen LogP contribution in [-0.4, -0.2) is 7.28 Å². The van der Waals surface area contributed by atoms with Gasteiger partial charge in [0.1, 0.15) is 7.28 Å². The van der Waals surface area contributed by atoms with Crippen LogP contribution in [-0.2, 0) is 0 Å². The van der Waals surface area contributed by atoms with Crippen molar-refractivity contribution in [2.45, 2.75) is 76.8 Å². The summed E-state index contributed by atoms with van der Waals surface area (Å²) in [6.07, 6.45) is 11.8. The second-order valence-corrected chi connectivity index (χ2v) is 5.72. The fraction of sp³-hybridized carbons (Fsp3) is 1.00. The average Bonchev–Trinajstić information content (AvgIpc) is 2.87. The van der Waals surface area contributed by atoms with E-state index in [1.54, 1.807) is 0 Å². The third kappa shape index (κ3) is 2.60. The highest BCUT2D eigenvalue weighted by molar-refractivity contribution is 6.40. The lowest BCUT2D eigenvalue weighted by Gasteiger charge is -2.24. The van der Waals surface area contributed by atoms with Gasteiger partial charge in [-0.15, -0.1) is 0 Å². The predicted octanol–water partition coefficient (Wildman–Crippen LogP) is 4.69. The lowest BCUT2D eigenvalue weighted by atomic mass is 9.49. The molecule has 0 heterocycles. The lowest BCUT2D eigenvalue weighted by molar-refractivity contribution is 0.497. The van der Waals surface area contributed by atoms with Crippen LogP contribution >= 0.6 is 0 Å². The maximum absolute atomic E-state index is 2.78. The van der Waals surface area contributed by atoms with Crippen LogP contribution < -0.4 is 0 Å². The Labute approximate surface area is 96.5 Å². The van der Waals surface area contributed by atoms with Crippen molar-refractivity contribution in [1.82, 2.24) is 0 Å². The molecule has 2 saturated carbocycles. The average molecular weight is 205 g/mol. The molecule has 0 aromatic heterocycles. The van der Waals surface area contributed by atoms with Crippen molar-refractivity contribution in [3.8, 4) is 0 Å². The normalized spacial score (nSPS) is 40.9. The molecule has 1 radical (unpaired) electrons. The molecule has 2 fully saturated rings. The first-order chi connectivity index (χ1) is 7.35. The molecule has 2 aliphatic rings. The molecule has 0 aromatic carbocycles. The van der Waals surface area contributed by atoms with Crippen LogP contribution in [0.1, 0.15) is 65.2 Å². The van der Waals surface area contributed by atoms with E-state index in [-0.39, 0.29) is 0 Å². The zero-order valence-electron chi connectivity index (χ0n) is 10.5. The maximum atomic E-state index is 2.78. The summed E-state index contributed by atoms with van der Waals surface area (Å²) in [4.78, 5) is 0. The SMILES string of the molecule is CCC1CCCC1[B]C1CCCC1CC. The molecule has 85 valence electrons. The lowest BCUT2D eigenvalue weighted by Crippen LogP contribution is -2.17. The molecular weight excluding hydrogens is 179 g/mol. The van der Waals surface area contributed by atoms with Crippen molar-refractivity contribution in [1.29, 1.82) is 0 Å². The first-order valence-electron chi connectivity index (χ1n) is 7.20. The van der Waals surface area contributed by atoms with E-state index in [1.807, 2.05) is 0 Å². The van der Waals surface area contributed by atoms with Gasteiger partial charge in [0.2, 0.25) is 0 Å². The number of rotatable bonds is 4. The maximum Gasteiger partial charge on any atom is 0.118 e. The highest BCUT2D eigenvalue weighted by Crippen LogP contribution is 2.45. The molecule has 0 amide bonds. The van der Waals surface area contributed by atoms with Gasteiger partial charge in [0.25, 0.3) is 0 Å². The molecule has 15 heavy (non-hydrogen) atoms. The minimum atomic E-state index is 0.979. The van der Waals surface area contributed by atoms with Gasteiger partial charge in [-0.3, -0.25) is 0 Å². The molecule has 0 aromatic rings. The van der Waals surface area contributed by atoms with Crippen LogP contribution in [0.15, 0.2) is 0 Å². The van der Waals surface area contributed by atoms with Crippen LogP contribution in [0.25, 0.3) is 0 Å². The van der Waals surface area contributed by atoms with Gasteiger partial charge in [-0.2, -0.15) is 0 Å². The Kier molecular flexibility index (Phi) is 4.17. The molecule has 4 atom stereocenters. The summed E-state index contributed by atoms with van der Waals surface area (Å²) in [6, 6.07) is 0. The van der Waals surface area contributed by atoms with Gasteiger partial charge in [0.05, 0.1) is 0 Å². The van der Waals surface area contributed by atoms with Crippen molar-refractivity contribution in [3.63, 3.8) is 0 Å². The molecule has 2 aliphatic carbocycles. The second kappa shape index (κ2) is 5.41. The monoisotopic (exact) mass is 205 g/mol. The van der Waals surface area contributed by atoms with Crippen LogP contribution in [0.5, 0.6) is 0 Å². The van der Waals surface area contributed by atoms with E-state index >= 15 is 0 Å². The zero-order valence-corrected chi connectivity index (χ0v) is 10.5. The molecular formula is C14H26B.